The Morgan fingerprint density at radius 1 is 1.30 bits per heavy atom. The van der Waals surface area contributed by atoms with Gasteiger partial charge in [0, 0.05) is 11.5 Å². The second kappa shape index (κ2) is 5.81. The van der Waals surface area contributed by atoms with Crippen molar-refractivity contribution in [2.45, 2.75) is 18.8 Å². The van der Waals surface area contributed by atoms with Crippen LogP contribution in [0.2, 0.25) is 10.0 Å². The molecule has 0 saturated heterocycles. The summed E-state index contributed by atoms with van der Waals surface area (Å²) in [6.07, 6.45) is 4.17. The van der Waals surface area contributed by atoms with Crippen LogP contribution in [0.15, 0.2) is 22.9 Å². The predicted molar refractivity (Wildman–Crippen MR) is 86.8 cm³/mol. The van der Waals surface area contributed by atoms with E-state index in [1.54, 1.807) is 0 Å². The molecule has 0 bridgehead atoms. The molecule has 1 aliphatic rings. The summed E-state index contributed by atoms with van der Waals surface area (Å²) in [4.78, 5) is 12.8. The highest BCUT2D eigenvalue weighted by atomic mass is 35.5. The first kappa shape index (κ1) is 16.3. The van der Waals surface area contributed by atoms with Crippen LogP contribution in [-0.2, 0) is 10.0 Å². The Labute approximate surface area is 142 Å². The normalized spacial score (nSPS) is 14.7. The van der Waals surface area contributed by atoms with Crippen LogP contribution in [0.4, 0.5) is 5.69 Å². The van der Waals surface area contributed by atoms with Crippen molar-refractivity contribution in [3.8, 4) is 0 Å². The van der Waals surface area contributed by atoms with Gasteiger partial charge in [0.2, 0.25) is 10.0 Å². The molecule has 0 atom stereocenters. The van der Waals surface area contributed by atoms with Gasteiger partial charge in [-0.3, -0.25) is 9.52 Å². The number of halogens is 2. The van der Waals surface area contributed by atoms with Crippen molar-refractivity contribution in [3.63, 3.8) is 0 Å². The maximum atomic E-state index is 12.8. The van der Waals surface area contributed by atoms with E-state index < -0.39 is 15.8 Å². The Bertz CT molecular complexity index is 888. The molecule has 1 aromatic carbocycles. The van der Waals surface area contributed by atoms with E-state index in [4.69, 9.17) is 27.7 Å². The highest BCUT2D eigenvalue weighted by Gasteiger charge is 2.33. The fraction of sp³-hybridized carbons (Fsp3) is 0.286. The van der Waals surface area contributed by atoms with E-state index in [0.717, 1.165) is 19.1 Å². The van der Waals surface area contributed by atoms with Crippen molar-refractivity contribution < 1.29 is 17.7 Å². The van der Waals surface area contributed by atoms with Crippen LogP contribution < -0.4 is 4.72 Å². The first-order valence-electron chi connectivity index (χ1n) is 6.73. The zero-order valence-corrected chi connectivity index (χ0v) is 14.3. The van der Waals surface area contributed by atoms with Crippen molar-refractivity contribution >= 4 is 44.7 Å². The van der Waals surface area contributed by atoms with Crippen LogP contribution in [0.25, 0.3) is 0 Å². The Morgan fingerprint density at radius 2 is 2.00 bits per heavy atom. The van der Waals surface area contributed by atoms with Crippen LogP contribution in [-0.4, -0.2) is 25.6 Å². The molecular weight excluding hydrogens is 363 g/mol. The summed E-state index contributed by atoms with van der Waals surface area (Å²) in [5.74, 6) is 0.287. The summed E-state index contributed by atoms with van der Waals surface area (Å²) < 4.78 is 30.5. The van der Waals surface area contributed by atoms with Gasteiger partial charge in [-0.25, -0.2) is 8.42 Å². The molecule has 1 fully saturated rings. The summed E-state index contributed by atoms with van der Waals surface area (Å²) in [7, 11) is -3.64. The van der Waals surface area contributed by atoms with Gasteiger partial charge in [0.05, 0.1) is 33.7 Å². The third-order valence-electron chi connectivity index (χ3n) is 3.42. The molecule has 9 heteroatoms. The van der Waals surface area contributed by atoms with Crippen molar-refractivity contribution in [2.24, 2.45) is 0 Å². The molecule has 1 saturated carbocycles. The smallest absolute Gasteiger partial charge is 0.229 e. The van der Waals surface area contributed by atoms with Crippen molar-refractivity contribution in [2.75, 3.05) is 11.0 Å². The number of nitrogens with zero attached hydrogens (tertiary/aromatic N) is 1. The number of nitrogens with one attached hydrogen (secondary N) is 1. The van der Waals surface area contributed by atoms with E-state index in [2.05, 4.69) is 9.88 Å². The lowest BCUT2D eigenvalue weighted by molar-refractivity contribution is 0.103. The SMILES string of the molecule is CS(=O)(=O)Nc1c(C(=O)c2cnoc2C2CC2)ccc(Cl)c1Cl. The third-order valence-corrected chi connectivity index (χ3v) is 4.80. The lowest BCUT2D eigenvalue weighted by Gasteiger charge is -2.12. The molecule has 1 aliphatic carbocycles. The molecule has 1 heterocycles. The topological polar surface area (TPSA) is 89.3 Å². The van der Waals surface area contributed by atoms with Crippen molar-refractivity contribution in [3.05, 3.63) is 45.3 Å². The first-order valence-corrected chi connectivity index (χ1v) is 9.37. The number of rotatable bonds is 5. The van der Waals surface area contributed by atoms with Crippen LogP contribution >= 0.6 is 23.2 Å². The summed E-state index contributed by atoms with van der Waals surface area (Å²) in [5, 5.41) is 3.79. The maximum Gasteiger partial charge on any atom is 0.229 e. The molecular formula is C14H12Cl2N2O4S. The molecule has 0 aliphatic heterocycles. The van der Waals surface area contributed by atoms with Gasteiger partial charge in [-0.2, -0.15) is 0 Å². The fourth-order valence-electron chi connectivity index (χ4n) is 2.23. The molecule has 0 spiro atoms. The summed E-state index contributed by atoms with van der Waals surface area (Å²) in [6.45, 7) is 0. The Hall–Kier alpha value is -1.57. The average Bonchev–Trinajstić information content (AvgIpc) is 3.19. The molecule has 3 rings (SSSR count). The van der Waals surface area contributed by atoms with Gasteiger partial charge < -0.3 is 4.52 Å². The quantitative estimate of drug-likeness (QED) is 0.809. The monoisotopic (exact) mass is 374 g/mol. The summed E-state index contributed by atoms with van der Waals surface area (Å²) in [5.41, 5.74) is 0.354. The third kappa shape index (κ3) is 3.36. The zero-order chi connectivity index (χ0) is 16.8. The first-order chi connectivity index (χ1) is 10.8. The van der Waals surface area contributed by atoms with Crippen LogP contribution in [0, 0.1) is 0 Å². The standard InChI is InChI=1S/C14H12Cl2N2O4S/c1-23(20,21)18-12-8(4-5-10(15)11(12)16)13(19)9-6-17-22-14(9)7-2-3-7/h4-7,18H,2-3H2,1H3. The van der Waals surface area contributed by atoms with E-state index in [1.165, 1.54) is 18.3 Å². The number of sulfonamides is 1. The fourth-order valence-corrected chi connectivity index (χ4v) is 3.24. The van der Waals surface area contributed by atoms with Crippen LogP contribution in [0.1, 0.15) is 40.4 Å². The van der Waals surface area contributed by atoms with Crippen LogP contribution in [0.3, 0.4) is 0 Å². The Balaban J connectivity index is 2.10. The van der Waals surface area contributed by atoms with E-state index in [-0.39, 0.29) is 27.2 Å². The molecule has 0 amide bonds. The van der Waals surface area contributed by atoms with Crippen LogP contribution in [0.5, 0.6) is 0 Å². The van der Waals surface area contributed by atoms with Gasteiger partial charge in [-0.1, -0.05) is 28.4 Å². The van der Waals surface area contributed by atoms with Gasteiger partial charge >= 0.3 is 0 Å². The molecule has 1 N–H and O–H groups in total. The molecule has 2 aromatic rings. The van der Waals surface area contributed by atoms with Gasteiger partial charge in [0.1, 0.15) is 0 Å². The largest absolute Gasteiger partial charge is 0.360 e. The van der Waals surface area contributed by atoms with E-state index in [1.807, 2.05) is 0 Å². The summed E-state index contributed by atoms with van der Waals surface area (Å²) in [6, 6.07) is 2.86. The van der Waals surface area contributed by atoms with Gasteiger partial charge in [-0.05, 0) is 25.0 Å². The van der Waals surface area contributed by atoms with Gasteiger partial charge in [0.15, 0.2) is 11.5 Å². The molecule has 6 nitrogen and oxygen atoms in total. The zero-order valence-electron chi connectivity index (χ0n) is 12.0. The number of carbonyl (C=O) groups excluding carboxylic acids is 1. The Morgan fingerprint density at radius 3 is 2.61 bits per heavy atom. The molecule has 0 unspecified atom stereocenters. The summed E-state index contributed by atoms with van der Waals surface area (Å²) >= 11 is 12.0. The second-order valence-electron chi connectivity index (χ2n) is 5.37. The number of aromatic nitrogens is 1. The number of anilines is 1. The minimum Gasteiger partial charge on any atom is -0.360 e. The van der Waals surface area contributed by atoms with Gasteiger partial charge in [-0.15, -0.1) is 0 Å². The number of ketones is 1. The number of benzene rings is 1. The lowest BCUT2D eigenvalue weighted by atomic mass is 10.0. The molecule has 23 heavy (non-hydrogen) atoms. The van der Waals surface area contributed by atoms with E-state index in [0.29, 0.717) is 11.3 Å². The minimum absolute atomic E-state index is 0.0348. The lowest BCUT2D eigenvalue weighted by Crippen LogP contribution is -2.14. The number of carbonyl (C=O) groups is 1. The number of hydrogen-bond donors (Lipinski definition) is 1. The van der Waals surface area contributed by atoms with E-state index >= 15 is 0 Å². The molecule has 122 valence electrons. The molecule has 0 radical (unpaired) electrons. The minimum atomic E-state index is -3.64. The van der Waals surface area contributed by atoms with E-state index in [9.17, 15) is 13.2 Å². The highest BCUT2D eigenvalue weighted by Crippen LogP contribution is 2.43. The maximum absolute atomic E-state index is 12.8. The number of hydrogen-bond acceptors (Lipinski definition) is 5. The predicted octanol–water partition coefficient (Wildman–Crippen LogP) is 3.46. The second-order valence-corrected chi connectivity index (χ2v) is 7.90. The van der Waals surface area contributed by atoms with Gasteiger partial charge in [0.25, 0.3) is 0 Å². The molecule has 1 aromatic heterocycles. The highest BCUT2D eigenvalue weighted by molar-refractivity contribution is 7.92. The Kier molecular flexibility index (Phi) is 4.12. The van der Waals surface area contributed by atoms with Crippen molar-refractivity contribution in [1.29, 1.82) is 0 Å². The van der Waals surface area contributed by atoms with Crippen molar-refractivity contribution in [1.82, 2.24) is 5.16 Å². The average molecular weight is 375 g/mol.